The molecule has 0 aliphatic heterocycles. The first-order valence-corrected chi connectivity index (χ1v) is 12.3. The van der Waals surface area contributed by atoms with Crippen LogP contribution in [0.25, 0.3) is 0 Å². The summed E-state index contributed by atoms with van der Waals surface area (Å²) in [7, 11) is 0.136. The van der Waals surface area contributed by atoms with E-state index in [0.717, 1.165) is 11.3 Å². The quantitative estimate of drug-likeness (QED) is 0.364. The average molecular weight is 483 g/mol. The van der Waals surface area contributed by atoms with Gasteiger partial charge in [-0.05, 0) is 42.0 Å². The smallest absolute Gasteiger partial charge is 0.266 e. The van der Waals surface area contributed by atoms with Crippen LogP contribution in [0.1, 0.15) is 11.4 Å². The first kappa shape index (κ1) is 22.6. The lowest BCUT2D eigenvalue weighted by Gasteiger charge is -2.21. The Hall–Kier alpha value is -3.64. The summed E-state index contributed by atoms with van der Waals surface area (Å²) in [5, 5.41) is 15.8. The van der Waals surface area contributed by atoms with E-state index in [1.54, 1.807) is 42.1 Å². The number of tetrazole rings is 1. The molecule has 0 saturated heterocycles. The second-order valence-electron chi connectivity index (χ2n) is 7.21. The number of benzene rings is 2. The Morgan fingerprint density at radius 2 is 1.85 bits per heavy atom. The highest BCUT2D eigenvalue weighted by molar-refractivity contribution is 7.93. The maximum atomic E-state index is 13.4. The van der Waals surface area contributed by atoms with E-state index in [-0.39, 0.29) is 11.4 Å². The average Bonchev–Trinajstić information content (AvgIpc) is 3.53. The second kappa shape index (κ2) is 9.88. The summed E-state index contributed by atoms with van der Waals surface area (Å²) >= 11 is 1.25. The van der Waals surface area contributed by atoms with Crippen LogP contribution in [0.5, 0.6) is 0 Å². The molecule has 0 radical (unpaired) electrons. The zero-order chi connectivity index (χ0) is 23.3. The minimum absolute atomic E-state index is 0.137. The molecule has 10 nitrogen and oxygen atoms in total. The largest absolute Gasteiger partial charge is 0.378 e. The van der Waals surface area contributed by atoms with Crippen LogP contribution < -0.4 is 9.21 Å². The molecule has 0 spiro atoms. The summed E-state index contributed by atoms with van der Waals surface area (Å²) in [5.74, 6) is 0.426. The molecule has 0 unspecified atom stereocenters. The van der Waals surface area contributed by atoms with Crippen molar-refractivity contribution in [3.63, 3.8) is 0 Å². The molecule has 12 heteroatoms. The number of hydrogen-bond acceptors (Lipinski definition) is 9. The van der Waals surface area contributed by atoms with Gasteiger partial charge >= 0.3 is 0 Å². The fourth-order valence-corrected chi connectivity index (χ4v) is 5.30. The fraction of sp³-hybridized carbons (Fsp3) is 0.190. The van der Waals surface area contributed by atoms with Gasteiger partial charge in [-0.2, -0.15) is 5.21 Å². The molecule has 0 atom stereocenters. The maximum Gasteiger partial charge on any atom is 0.266 e. The maximum absolute atomic E-state index is 13.4. The van der Waals surface area contributed by atoms with Gasteiger partial charge in [0.25, 0.3) is 10.0 Å². The van der Waals surface area contributed by atoms with E-state index in [9.17, 15) is 8.42 Å². The normalized spacial score (nSPS) is 11.7. The van der Waals surface area contributed by atoms with Gasteiger partial charge in [0.1, 0.15) is 0 Å². The molecule has 170 valence electrons. The Bertz CT molecular complexity index is 1290. The van der Waals surface area contributed by atoms with Crippen molar-refractivity contribution in [2.75, 3.05) is 29.8 Å². The summed E-state index contributed by atoms with van der Waals surface area (Å²) in [5.41, 5.74) is 2.71. The summed E-state index contributed by atoms with van der Waals surface area (Å²) in [6, 6.07) is 14.4. The van der Waals surface area contributed by atoms with E-state index in [0.29, 0.717) is 23.1 Å². The van der Waals surface area contributed by atoms with Gasteiger partial charge in [-0.15, -0.1) is 21.5 Å². The number of anilines is 2. The van der Waals surface area contributed by atoms with Crippen LogP contribution in [0.4, 0.5) is 16.5 Å². The molecular formula is C21H22N8O2S2. The molecule has 0 amide bonds. The molecule has 0 saturated carbocycles. The van der Waals surface area contributed by atoms with Crippen molar-refractivity contribution in [1.82, 2.24) is 25.6 Å². The molecule has 33 heavy (non-hydrogen) atoms. The van der Waals surface area contributed by atoms with Crippen LogP contribution in [0.2, 0.25) is 0 Å². The number of aromatic amines is 1. The molecule has 4 aromatic rings. The lowest BCUT2D eigenvalue weighted by molar-refractivity contribution is 0.590. The first-order valence-electron chi connectivity index (χ1n) is 9.99. The predicted octanol–water partition coefficient (Wildman–Crippen LogP) is 2.91. The van der Waals surface area contributed by atoms with Gasteiger partial charge < -0.3 is 4.90 Å². The predicted molar refractivity (Wildman–Crippen MR) is 129 cm³/mol. The van der Waals surface area contributed by atoms with E-state index >= 15 is 0 Å². The fourth-order valence-electron chi connectivity index (χ4n) is 2.99. The van der Waals surface area contributed by atoms with Crippen LogP contribution in [-0.4, -0.2) is 60.9 Å². The van der Waals surface area contributed by atoms with Crippen LogP contribution >= 0.6 is 11.3 Å². The van der Waals surface area contributed by atoms with E-state index < -0.39 is 10.0 Å². The second-order valence-corrected chi connectivity index (χ2v) is 9.94. The summed E-state index contributed by atoms with van der Waals surface area (Å²) < 4.78 is 28.0. The Kier molecular flexibility index (Phi) is 6.75. The highest BCUT2D eigenvalue weighted by atomic mass is 32.2. The number of aliphatic imine (C=N–C) groups is 1. The minimum atomic E-state index is -3.84. The zero-order valence-corrected chi connectivity index (χ0v) is 19.7. The van der Waals surface area contributed by atoms with Gasteiger partial charge in [-0.25, -0.2) is 17.7 Å². The Labute approximate surface area is 195 Å². The van der Waals surface area contributed by atoms with Gasteiger partial charge in [0.05, 0.1) is 10.6 Å². The Morgan fingerprint density at radius 1 is 1.09 bits per heavy atom. The summed E-state index contributed by atoms with van der Waals surface area (Å²) in [6.45, 7) is 0.137. The lowest BCUT2D eigenvalue weighted by Crippen LogP contribution is -2.33. The topological polar surface area (TPSA) is 120 Å². The molecule has 2 heterocycles. The summed E-state index contributed by atoms with van der Waals surface area (Å²) in [4.78, 5) is 10.8. The number of aromatic nitrogens is 5. The number of rotatable bonds is 9. The summed E-state index contributed by atoms with van der Waals surface area (Å²) in [6.07, 6.45) is 3.61. The molecule has 0 aliphatic carbocycles. The standard InChI is InChI=1S/C21H22N8O2S2/c1-28(2)18-7-3-16(4-8-18)15-23-17-5-9-19(10-6-17)33(30,31)29(21-22-12-14-32-21)13-11-20-24-26-27-25-20/h3-10,12,14-15H,11,13H2,1-2H3,(H,24,25,26,27). The highest BCUT2D eigenvalue weighted by Crippen LogP contribution is 2.27. The van der Waals surface area contributed by atoms with E-state index in [2.05, 4.69) is 30.6 Å². The number of nitrogens with one attached hydrogen (secondary N) is 1. The van der Waals surface area contributed by atoms with E-state index in [4.69, 9.17) is 0 Å². The van der Waals surface area contributed by atoms with Gasteiger partial charge in [0, 0.05) is 50.5 Å². The molecular weight excluding hydrogens is 460 g/mol. The molecule has 4 rings (SSSR count). The van der Waals surface area contributed by atoms with Crippen molar-refractivity contribution in [3.05, 3.63) is 71.5 Å². The molecule has 1 N–H and O–H groups in total. The van der Waals surface area contributed by atoms with Crippen LogP contribution in [0, 0.1) is 0 Å². The van der Waals surface area contributed by atoms with Gasteiger partial charge in [-0.3, -0.25) is 4.99 Å². The number of sulfonamides is 1. The van der Waals surface area contributed by atoms with Crippen molar-refractivity contribution < 1.29 is 8.42 Å². The van der Waals surface area contributed by atoms with Crippen molar-refractivity contribution in [1.29, 1.82) is 0 Å². The highest BCUT2D eigenvalue weighted by Gasteiger charge is 2.27. The number of hydrogen-bond donors (Lipinski definition) is 1. The van der Waals surface area contributed by atoms with Gasteiger partial charge in [-0.1, -0.05) is 17.3 Å². The third-order valence-electron chi connectivity index (χ3n) is 4.76. The Morgan fingerprint density at radius 3 is 2.45 bits per heavy atom. The van der Waals surface area contributed by atoms with E-state index in [1.165, 1.54) is 15.6 Å². The van der Waals surface area contributed by atoms with Crippen LogP contribution in [0.15, 0.2) is 70.0 Å². The first-order chi connectivity index (χ1) is 15.9. The zero-order valence-electron chi connectivity index (χ0n) is 18.0. The van der Waals surface area contributed by atoms with Gasteiger partial charge in [0.15, 0.2) is 11.0 Å². The molecule has 2 aromatic carbocycles. The molecule has 2 aromatic heterocycles. The number of H-pyrrole nitrogens is 1. The van der Waals surface area contributed by atoms with Crippen LogP contribution in [0.3, 0.4) is 0 Å². The van der Waals surface area contributed by atoms with Crippen molar-refractivity contribution in [2.45, 2.75) is 11.3 Å². The number of thiazole rings is 1. The van der Waals surface area contributed by atoms with Gasteiger partial charge in [0.2, 0.25) is 0 Å². The third-order valence-corrected chi connectivity index (χ3v) is 7.47. The van der Waals surface area contributed by atoms with Crippen molar-refractivity contribution in [2.24, 2.45) is 4.99 Å². The molecule has 0 aliphatic rings. The Balaban J connectivity index is 1.51. The molecule has 0 bridgehead atoms. The number of nitrogens with zero attached hydrogens (tertiary/aromatic N) is 7. The minimum Gasteiger partial charge on any atom is -0.378 e. The third kappa shape index (κ3) is 5.41. The monoisotopic (exact) mass is 482 g/mol. The molecule has 0 fully saturated rings. The van der Waals surface area contributed by atoms with Crippen molar-refractivity contribution >= 4 is 44.1 Å². The van der Waals surface area contributed by atoms with E-state index in [1.807, 2.05) is 43.3 Å². The van der Waals surface area contributed by atoms with Crippen molar-refractivity contribution in [3.8, 4) is 0 Å². The lowest BCUT2D eigenvalue weighted by atomic mass is 10.2. The SMILES string of the molecule is CN(C)c1ccc(C=Nc2ccc(S(=O)(=O)N(CCc3nn[nH]n3)c3nccs3)cc2)cc1. The van der Waals surface area contributed by atoms with Crippen LogP contribution in [-0.2, 0) is 16.4 Å².